The SMILES string of the molecule is COc1ccc(CCN2C(=O)C3=C(C(=O)C4CC(Cl)C(C)CC4O3)C2c2ccc(SC)cc2)cc1. The molecule has 0 radical (unpaired) electrons. The minimum absolute atomic E-state index is 0.0213. The van der Waals surface area contributed by atoms with Crippen molar-refractivity contribution in [2.45, 2.75) is 48.6 Å². The first kappa shape index (κ1) is 24.3. The highest BCUT2D eigenvalue weighted by atomic mass is 35.5. The maximum absolute atomic E-state index is 13.8. The summed E-state index contributed by atoms with van der Waals surface area (Å²) in [6.45, 7) is 2.56. The molecule has 2 aromatic carbocycles. The Morgan fingerprint density at radius 1 is 1.09 bits per heavy atom. The number of nitrogens with zero attached hydrogens (tertiary/aromatic N) is 1. The van der Waals surface area contributed by atoms with E-state index in [4.69, 9.17) is 21.1 Å². The molecule has 35 heavy (non-hydrogen) atoms. The quantitative estimate of drug-likeness (QED) is 0.383. The third-order valence-electron chi connectivity index (χ3n) is 7.54. The molecule has 5 rings (SSSR count). The lowest BCUT2D eigenvalue weighted by Gasteiger charge is -2.40. The van der Waals surface area contributed by atoms with Gasteiger partial charge in [0.05, 0.1) is 24.6 Å². The Bertz CT molecular complexity index is 1150. The van der Waals surface area contributed by atoms with Crippen molar-refractivity contribution >= 4 is 35.1 Å². The van der Waals surface area contributed by atoms with Crippen LogP contribution in [0.2, 0.25) is 0 Å². The van der Waals surface area contributed by atoms with Crippen molar-refractivity contribution in [1.29, 1.82) is 0 Å². The molecule has 5 atom stereocenters. The molecule has 0 N–H and O–H groups in total. The number of ether oxygens (including phenoxy) is 2. The van der Waals surface area contributed by atoms with Crippen molar-refractivity contribution in [3.63, 3.8) is 0 Å². The van der Waals surface area contributed by atoms with Gasteiger partial charge in [0, 0.05) is 16.8 Å². The molecule has 3 aliphatic rings. The van der Waals surface area contributed by atoms with E-state index in [1.165, 1.54) is 0 Å². The Labute approximate surface area is 215 Å². The largest absolute Gasteiger partial charge is 0.497 e. The molecule has 1 aliphatic carbocycles. The van der Waals surface area contributed by atoms with Gasteiger partial charge in [-0.15, -0.1) is 23.4 Å². The van der Waals surface area contributed by atoms with Crippen LogP contribution in [-0.2, 0) is 20.7 Å². The van der Waals surface area contributed by atoms with E-state index < -0.39 is 6.04 Å². The second-order valence-electron chi connectivity index (χ2n) is 9.61. The van der Waals surface area contributed by atoms with Crippen LogP contribution in [-0.4, -0.2) is 48.0 Å². The molecule has 1 saturated carbocycles. The number of halogens is 1. The Hall–Kier alpha value is -2.44. The summed E-state index contributed by atoms with van der Waals surface area (Å²) >= 11 is 8.23. The normalized spacial score (nSPS) is 28.0. The Morgan fingerprint density at radius 3 is 2.46 bits per heavy atom. The van der Waals surface area contributed by atoms with E-state index >= 15 is 0 Å². The number of thioether (sulfide) groups is 1. The molecular formula is C28H30ClNO4S. The summed E-state index contributed by atoms with van der Waals surface area (Å²) in [5.41, 5.74) is 2.53. The Kier molecular flexibility index (Phi) is 6.86. The molecular weight excluding hydrogens is 482 g/mol. The molecule has 2 aromatic rings. The smallest absolute Gasteiger partial charge is 0.290 e. The van der Waals surface area contributed by atoms with Crippen molar-refractivity contribution in [3.8, 4) is 5.75 Å². The first-order chi connectivity index (χ1) is 16.9. The average molecular weight is 512 g/mol. The number of carbonyl (C=O) groups excluding carboxylic acids is 2. The van der Waals surface area contributed by atoms with E-state index in [0.29, 0.717) is 31.4 Å². The second kappa shape index (κ2) is 9.90. The molecule has 1 fully saturated rings. The number of hydrogen-bond acceptors (Lipinski definition) is 5. The van der Waals surface area contributed by atoms with Crippen LogP contribution in [0.3, 0.4) is 0 Å². The zero-order valence-electron chi connectivity index (χ0n) is 20.2. The van der Waals surface area contributed by atoms with E-state index in [-0.39, 0.29) is 40.8 Å². The van der Waals surface area contributed by atoms with Crippen LogP contribution in [0.25, 0.3) is 0 Å². The molecule has 1 amide bonds. The molecule has 2 heterocycles. The van der Waals surface area contributed by atoms with Gasteiger partial charge in [-0.1, -0.05) is 31.2 Å². The van der Waals surface area contributed by atoms with Crippen molar-refractivity contribution in [1.82, 2.24) is 4.90 Å². The zero-order chi connectivity index (χ0) is 24.7. The summed E-state index contributed by atoms with van der Waals surface area (Å²) in [5.74, 6) is 0.807. The minimum atomic E-state index is -0.451. The van der Waals surface area contributed by atoms with Gasteiger partial charge in [0.25, 0.3) is 5.91 Å². The van der Waals surface area contributed by atoms with E-state index in [9.17, 15) is 9.59 Å². The van der Waals surface area contributed by atoms with Crippen LogP contribution in [0.5, 0.6) is 5.75 Å². The van der Waals surface area contributed by atoms with Crippen LogP contribution >= 0.6 is 23.4 Å². The molecule has 2 aliphatic heterocycles. The van der Waals surface area contributed by atoms with Crippen LogP contribution in [0, 0.1) is 11.8 Å². The van der Waals surface area contributed by atoms with Crippen molar-refractivity contribution < 1.29 is 19.1 Å². The van der Waals surface area contributed by atoms with Gasteiger partial charge in [-0.05, 0) is 66.8 Å². The number of hydrogen-bond donors (Lipinski definition) is 0. The van der Waals surface area contributed by atoms with Gasteiger partial charge in [-0.2, -0.15) is 0 Å². The highest BCUT2D eigenvalue weighted by molar-refractivity contribution is 7.98. The Morgan fingerprint density at radius 2 is 1.80 bits per heavy atom. The average Bonchev–Trinajstić information content (AvgIpc) is 3.16. The van der Waals surface area contributed by atoms with Crippen molar-refractivity contribution in [3.05, 3.63) is 71.0 Å². The van der Waals surface area contributed by atoms with Gasteiger partial charge in [-0.25, -0.2) is 0 Å². The maximum atomic E-state index is 13.8. The fraction of sp³-hybridized carbons (Fsp3) is 0.429. The van der Waals surface area contributed by atoms with Gasteiger partial charge in [0.15, 0.2) is 11.5 Å². The third-order valence-corrected chi connectivity index (χ3v) is 8.89. The maximum Gasteiger partial charge on any atom is 0.290 e. The number of Topliss-reactive ketones (excluding diaryl/α,β-unsaturated/α-hetero) is 1. The molecule has 0 aromatic heterocycles. The molecule has 184 valence electrons. The molecule has 0 saturated heterocycles. The van der Waals surface area contributed by atoms with Crippen LogP contribution in [0.4, 0.5) is 0 Å². The zero-order valence-corrected chi connectivity index (χ0v) is 21.8. The fourth-order valence-corrected chi connectivity index (χ4v) is 6.17. The molecule has 0 spiro atoms. The fourth-order valence-electron chi connectivity index (χ4n) is 5.47. The molecule has 7 heteroatoms. The van der Waals surface area contributed by atoms with E-state index in [1.807, 2.05) is 54.8 Å². The monoisotopic (exact) mass is 511 g/mol. The summed E-state index contributed by atoms with van der Waals surface area (Å²) in [4.78, 5) is 30.5. The summed E-state index contributed by atoms with van der Waals surface area (Å²) in [5, 5.41) is -0.0615. The van der Waals surface area contributed by atoms with E-state index in [0.717, 1.165) is 21.8 Å². The third kappa shape index (κ3) is 4.47. The minimum Gasteiger partial charge on any atom is -0.497 e. The van der Waals surface area contributed by atoms with Gasteiger partial charge >= 0.3 is 0 Å². The lowest BCUT2D eigenvalue weighted by Crippen LogP contribution is -2.44. The predicted octanol–water partition coefficient (Wildman–Crippen LogP) is 5.42. The standard InChI is InChI=1S/C28H30ClNO4S/c1-16-14-23-21(15-22(16)29)26(31)24-25(18-6-10-20(35-3)11-7-18)30(28(32)27(24)34-23)13-12-17-4-8-19(33-2)9-5-17/h4-11,16,21-23,25H,12-15H2,1-3H3. The van der Waals surface area contributed by atoms with Crippen molar-refractivity contribution in [2.24, 2.45) is 11.8 Å². The van der Waals surface area contributed by atoms with E-state index in [2.05, 4.69) is 6.92 Å². The first-order valence-electron chi connectivity index (χ1n) is 12.1. The summed E-state index contributed by atoms with van der Waals surface area (Å²) in [7, 11) is 1.64. The molecule has 5 unspecified atom stereocenters. The molecule has 0 bridgehead atoms. The number of methoxy groups -OCH3 is 1. The second-order valence-corrected chi connectivity index (χ2v) is 11.0. The number of alkyl halides is 1. The van der Waals surface area contributed by atoms with E-state index in [1.54, 1.807) is 23.8 Å². The Balaban J connectivity index is 1.48. The van der Waals surface area contributed by atoms with Gasteiger partial charge in [0.2, 0.25) is 0 Å². The van der Waals surface area contributed by atoms with Gasteiger partial charge < -0.3 is 14.4 Å². The summed E-state index contributed by atoms with van der Waals surface area (Å²) in [6.07, 6.45) is 3.68. The number of fused-ring (bicyclic) bond motifs is 1. The van der Waals surface area contributed by atoms with Gasteiger partial charge in [-0.3, -0.25) is 9.59 Å². The summed E-state index contributed by atoms with van der Waals surface area (Å²) < 4.78 is 11.6. The topological polar surface area (TPSA) is 55.8 Å². The lowest BCUT2D eigenvalue weighted by molar-refractivity contribution is -0.136. The number of carbonyl (C=O) groups is 2. The number of rotatable bonds is 6. The number of benzene rings is 2. The first-order valence-corrected chi connectivity index (χ1v) is 13.7. The van der Waals surface area contributed by atoms with Crippen LogP contribution in [0.15, 0.2) is 64.8 Å². The number of ketones is 1. The van der Waals surface area contributed by atoms with Crippen LogP contribution < -0.4 is 4.74 Å². The molecule has 5 nitrogen and oxygen atoms in total. The highest BCUT2D eigenvalue weighted by Gasteiger charge is 2.53. The highest BCUT2D eigenvalue weighted by Crippen LogP contribution is 2.48. The lowest BCUT2D eigenvalue weighted by atomic mass is 9.74. The number of amides is 1. The predicted molar refractivity (Wildman–Crippen MR) is 138 cm³/mol. The summed E-state index contributed by atoms with van der Waals surface area (Å²) in [6, 6.07) is 15.5. The van der Waals surface area contributed by atoms with Crippen LogP contribution in [0.1, 0.15) is 36.9 Å². The van der Waals surface area contributed by atoms with Crippen molar-refractivity contribution in [2.75, 3.05) is 19.9 Å². The van der Waals surface area contributed by atoms with Gasteiger partial charge in [0.1, 0.15) is 11.9 Å².